The Morgan fingerprint density at radius 1 is 0.615 bits per heavy atom. The Hall–Kier alpha value is -2.03. The van der Waals surface area contributed by atoms with Gasteiger partial charge in [-0.15, -0.1) is 0 Å². The van der Waals surface area contributed by atoms with E-state index < -0.39 is 32.5 Å². The molecule has 0 aliphatic rings. The summed E-state index contributed by atoms with van der Waals surface area (Å²) in [5.41, 5.74) is 0. The second-order valence-electron chi connectivity index (χ2n) is 14.7. The zero-order valence-corrected chi connectivity index (χ0v) is 34.6. The van der Waals surface area contributed by atoms with Crippen LogP contribution in [0.5, 0.6) is 0 Å². The van der Waals surface area contributed by atoms with Crippen LogP contribution in [0.4, 0.5) is 0 Å². The first-order valence-corrected chi connectivity index (χ1v) is 21.9. The summed E-state index contributed by atoms with van der Waals surface area (Å²) in [5.74, 6) is -0.863. The number of unbranched alkanes of at least 4 members (excludes halogenated alkanes) is 17. The minimum Gasteiger partial charge on any atom is -0.756 e. The lowest BCUT2D eigenvalue weighted by atomic mass is 10.0. The molecular formula is C42H76NO8P. The molecule has 10 heteroatoms. The van der Waals surface area contributed by atoms with Crippen molar-refractivity contribution in [1.82, 2.24) is 0 Å². The Labute approximate surface area is 318 Å². The minimum atomic E-state index is -4.63. The van der Waals surface area contributed by atoms with Crippen molar-refractivity contribution >= 4 is 19.8 Å². The summed E-state index contributed by atoms with van der Waals surface area (Å²) in [6.07, 6.45) is 38.5. The molecule has 0 aromatic heterocycles. The van der Waals surface area contributed by atoms with E-state index in [4.69, 9.17) is 18.5 Å². The van der Waals surface area contributed by atoms with E-state index in [0.29, 0.717) is 17.4 Å². The molecule has 302 valence electrons. The SMILES string of the molecule is CC/C=C/C=C/C=C/C=C/CCCCCCCC(=O)OC(COC(=O)CCCCCCCCCCCCCCC)COP(=O)([O-])OCC[N+](C)(C)C. The zero-order chi connectivity index (χ0) is 38.6. The summed E-state index contributed by atoms with van der Waals surface area (Å²) in [7, 11) is 1.14. The van der Waals surface area contributed by atoms with Crippen LogP contribution < -0.4 is 4.89 Å². The Bertz CT molecular complexity index is 1030. The lowest BCUT2D eigenvalue weighted by Gasteiger charge is -2.28. The molecule has 0 amide bonds. The molecule has 0 aromatic carbocycles. The number of ether oxygens (including phenoxy) is 2. The summed E-state index contributed by atoms with van der Waals surface area (Å²) in [6.45, 7) is 4.04. The van der Waals surface area contributed by atoms with Gasteiger partial charge in [0.15, 0.2) is 6.10 Å². The van der Waals surface area contributed by atoms with Gasteiger partial charge in [-0.2, -0.15) is 0 Å². The molecule has 0 bridgehead atoms. The van der Waals surface area contributed by atoms with Gasteiger partial charge in [0.25, 0.3) is 7.82 Å². The van der Waals surface area contributed by atoms with Gasteiger partial charge in [-0.1, -0.05) is 159 Å². The van der Waals surface area contributed by atoms with Gasteiger partial charge in [-0.05, 0) is 32.1 Å². The summed E-state index contributed by atoms with van der Waals surface area (Å²) < 4.78 is 33.8. The Morgan fingerprint density at radius 2 is 1.10 bits per heavy atom. The highest BCUT2D eigenvalue weighted by atomic mass is 31.2. The van der Waals surface area contributed by atoms with E-state index in [2.05, 4.69) is 32.1 Å². The van der Waals surface area contributed by atoms with Crippen molar-refractivity contribution in [3.8, 4) is 0 Å². The molecule has 0 aromatic rings. The van der Waals surface area contributed by atoms with Crippen LogP contribution in [0.2, 0.25) is 0 Å². The third kappa shape index (κ3) is 37.7. The number of allylic oxidation sites excluding steroid dienone is 8. The molecule has 0 heterocycles. The predicted octanol–water partition coefficient (Wildman–Crippen LogP) is 10.5. The molecule has 2 unspecified atom stereocenters. The standard InChI is InChI=1S/C42H76NO8P/c1-6-8-10-12-14-16-18-20-21-23-25-27-29-31-33-35-42(45)51-40(39-50-52(46,47)49-37-36-43(3,4)5)38-48-41(44)34-32-30-28-26-24-22-19-17-15-13-11-9-7-2/h8,10,12,14,16,18,20-21,40H,6-7,9,11,13,15,17,19,22-39H2,1-5H3/b10-8+,14-12+,18-16+,21-20+. The van der Waals surface area contributed by atoms with Gasteiger partial charge < -0.3 is 27.9 Å². The quantitative estimate of drug-likeness (QED) is 0.0204. The number of nitrogens with zero attached hydrogens (tertiary/aromatic N) is 1. The van der Waals surface area contributed by atoms with E-state index in [-0.39, 0.29) is 26.1 Å². The fraction of sp³-hybridized carbons (Fsp3) is 0.762. The molecule has 0 aliphatic heterocycles. The van der Waals surface area contributed by atoms with Crippen LogP contribution >= 0.6 is 7.82 Å². The van der Waals surface area contributed by atoms with Crippen molar-refractivity contribution in [3.63, 3.8) is 0 Å². The number of carbonyl (C=O) groups excluding carboxylic acids is 2. The molecule has 0 N–H and O–H groups in total. The molecule has 0 saturated carbocycles. The number of rotatable bonds is 36. The third-order valence-electron chi connectivity index (χ3n) is 8.46. The van der Waals surface area contributed by atoms with Crippen molar-refractivity contribution in [2.45, 2.75) is 161 Å². The van der Waals surface area contributed by atoms with Gasteiger partial charge >= 0.3 is 11.9 Å². The molecule has 9 nitrogen and oxygen atoms in total. The number of carbonyl (C=O) groups is 2. The number of phosphoric ester groups is 1. The van der Waals surface area contributed by atoms with Crippen LogP contribution in [-0.4, -0.2) is 70.0 Å². The van der Waals surface area contributed by atoms with Gasteiger partial charge in [0.05, 0.1) is 27.7 Å². The van der Waals surface area contributed by atoms with E-state index >= 15 is 0 Å². The first-order valence-electron chi connectivity index (χ1n) is 20.4. The maximum Gasteiger partial charge on any atom is 0.306 e. The normalized spacial score (nSPS) is 14.2. The van der Waals surface area contributed by atoms with Gasteiger partial charge in [-0.3, -0.25) is 14.2 Å². The predicted molar refractivity (Wildman–Crippen MR) is 213 cm³/mol. The van der Waals surface area contributed by atoms with E-state index in [9.17, 15) is 19.0 Å². The lowest BCUT2D eigenvalue weighted by molar-refractivity contribution is -0.870. The first-order chi connectivity index (χ1) is 25.0. The monoisotopic (exact) mass is 754 g/mol. The molecule has 0 radical (unpaired) electrons. The Kier molecular flexibility index (Phi) is 33.4. The minimum absolute atomic E-state index is 0.0367. The van der Waals surface area contributed by atoms with Gasteiger partial charge in [0, 0.05) is 12.8 Å². The summed E-state index contributed by atoms with van der Waals surface area (Å²) in [6, 6.07) is 0. The maximum atomic E-state index is 12.6. The number of esters is 2. The highest BCUT2D eigenvalue weighted by Crippen LogP contribution is 2.38. The van der Waals surface area contributed by atoms with E-state index in [0.717, 1.165) is 57.8 Å². The Balaban J connectivity index is 4.45. The third-order valence-corrected chi connectivity index (χ3v) is 9.42. The highest BCUT2D eigenvalue weighted by molar-refractivity contribution is 7.45. The van der Waals surface area contributed by atoms with Crippen LogP contribution in [0.3, 0.4) is 0 Å². The van der Waals surface area contributed by atoms with E-state index in [1.807, 2.05) is 51.5 Å². The van der Waals surface area contributed by atoms with Gasteiger partial charge in [0.2, 0.25) is 0 Å². The molecule has 2 atom stereocenters. The van der Waals surface area contributed by atoms with Crippen LogP contribution in [0.15, 0.2) is 48.6 Å². The lowest BCUT2D eigenvalue weighted by Crippen LogP contribution is -2.37. The highest BCUT2D eigenvalue weighted by Gasteiger charge is 2.21. The molecule has 0 saturated heterocycles. The van der Waals surface area contributed by atoms with Gasteiger partial charge in [0.1, 0.15) is 19.8 Å². The average molecular weight is 754 g/mol. The fourth-order valence-corrected chi connectivity index (χ4v) is 5.98. The molecule has 0 spiro atoms. The van der Waals surface area contributed by atoms with Crippen LogP contribution in [-0.2, 0) is 32.7 Å². The van der Waals surface area contributed by atoms with Crippen LogP contribution in [0, 0.1) is 0 Å². The van der Waals surface area contributed by atoms with Crippen LogP contribution in [0.25, 0.3) is 0 Å². The topological polar surface area (TPSA) is 111 Å². The van der Waals surface area contributed by atoms with Crippen molar-refractivity contribution in [2.75, 3.05) is 47.5 Å². The van der Waals surface area contributed by atoms with Crippen molar-refractivity contribution in [2.24, 2.45) is 0 Å². The zero-order valence-electron chi connectivity index (χ0n) is 33.7. The number of phosphoric acid groups is 1. The molecular weight excluding hydrogens is 677 g/mol. The second-order valence-corrected chi connectivity index (χ2v) is 16.1. The summed E-state index contributed by atoms with van der Waals surface area (Å²) in [5, 5.41) is 0. The van der Waals surface area contributed by atoms with Crippen molar-refractivity contribution < 1.29 is 42.1 Å². The summed E-state index contributed by atoms with van der Waals surface area (Å²) in [4.78, 5) is 37.4. The molecule has 52 heavy (non-hydrogen) atoms. The summed E-state index contributed by atoms with van der Waals surface area (Å²) >= 11 is 0. The van der Waals surface area contributed by atoms with Crippen LogP contribution in [0.1, 0.15) is 155 Å². The van der Waals surface area contributed by atoms with E-state index in [1.54, 1.807) is 0 Å². The molecule has 0 aliphatic carbocycles. The van der Waals surface area contributed by atoms with Gasteiger partial charge in [-0.25, -0.2) is 0 Å². The average Bonchev–Trinajstić information content (AvgIpc) is 3.09. The smallest absolute Gasteiger partial charge is 0.306 e. The van der Waals surface area contributed by atoms with E-state index in [1.165, 1.54) is 64.2 Å². The number of hydrogen-bond acceptors (Lipinski definition) is 8. The second kappa shape index (κ2) is 34.7. The Morgan fingerprint density at radius 3 is 1.63 bits per heavy atom. The first kappa shape index (κ1) is 50.0. The van der Waals surface area contributed by atoms with Crippen molar-refractivity contribution in [1.29, 1.82) is 0 Å². The fourth-order valence-electron chi connectivity index (χ4n) is 5.25. The number of hydrogen-bond donors (Lipinski definition) is 0. The largest absolute Gasteiger partial charge is 0.756 e. The number of quaternary nitrogens is 1. The van der Waals surface area contributed by atoms with Crippen molar-refractivity contribution in [3.05, 3.63) is 48.6 Å². The maximum absolute atomic E-state index is 12.6. The number of likely N-dealkylation sites (N-methyl/N-ethyl adjacent to an activating group) is 1. The molecule has 0 rings (SSSR count). The molecule has 0 fully saturated rings.